The van der Waals surface area contributed by atoms with Gasteiger partial charge in [0, 0.05) is 19.3 Å². The van der Waals surface area contributed by atoms with E-state index in [4.69, 9.17) is 23.7 Å². The molecule has 0 bridgehead atoms. The summed E-state index contributed by atoms with van der Waals surface area (Å²) in [6, 6.07) is 0. The molecular formula is C67H122O12. The van der Waals surface area contributed by atoms with Crippen molar-refractivity contribution in [2.24, 2.45) is 0 Å². The molecule has 0 aromatic rings. The van der Waals surface area contributed by atoms with Gasteiger partial charge >= 0.3 is 23.9 Å². The molecular weight excluding hydrogens is 997 g/mol. The summed E-state index contributed by atoms with van der Waals surface area (Å²) in [7, 11) is 0. The largest absolute Gasteiger partial charge is 0.479 e. The van der Waals surface area contributed by atoms with Gasteiger partial charge in [0.15, 0.2) is 24.6 Å². The molecule has 0 saturated carbocycles. The number of aliphatic hydroxyl groups excluding tert-OH is 2. The minimum atomic E-state index is -1.90. The Hall–Kier alpha value is -2.80. The first-order valence-corrected chi connectivity index (χ1v) is 33.3. The van der Waals surface area contributed by atoms with E-state index in [2.05, 4.69) is 45.1 Å². The number of carboxylic acids is 1. The number of ether oxygens (including phenoxy) is 5. The van der Waals surface area contributed by atoms with Crippen molar-refractivity contribution < 1.29 is 58.2 Å². The number of unbranched alkanes of at least 4 members (excludes halogenated alkanes) is 40. The summed E-state index contributed by atoms with van der Waals surface area (Å²) in [5, 5.41) is 31.6. The van der Waals surface area contributed by atoms with Crippen LogP contribution in [0.15, 0.2) is 24.3 Å². The first-order chi connectivity index (χ1) is 38.6. The van der Waals surface area contributed by atoms with Crippen molar-refractivity contribution in [1.82, 2.24) is 0 Å². The second-order valence-corrected chi connectivity index (χ2v) is 23.1. The lowest BCUT2D eigenvalue weighted by Gasteiger charge is -2.40. The molecule has 6 unspecified atom stereocenters. The highest BCUT2D eigenvalue weighted by atomic mass is 16.7. The fourth-order valence-electron chi connectivity index (χ4n) is 10.4. The predicted molar refractivity (Wildman–Crippen MR) is 322 cm³/mol. The summed E-state index contributed by atoms with van der Waals surface area (Å²) < 4.78 is 28.6. The zero-order chi connectivity index (χ0) is 57.5. The number of esters is 3. The van der Waals surface area contributed by atoms with Crippen molar-refractivity contribution >= 4 is 23.9 Å². The Kier molecular flexibility index (Phi) is 52.3. The molecule has 1 heterocycles. The summed E-state index contributed by atoms with van der Waals surface area (Å²) in [6.07, 6.45) is 52.8. The molecule has 0 spiro atoms. The second-order valence-electron chi connectivity index (χ2n) is 23.1. The van der Waals surface area contributed by atoms with E-state index in [1.807, 2.05) is 0 Å². The van der Waals surface area contributed by atoms with Crippen LogP contribution in [0, 0.1) is 0 Å². The normalized spacial score (nSPS) is 17.9. The average molecular weight is 1120 g/mol. The standard InChI is InChI=1S/C67H122O12/c1-4-7-10-13-16-19-22-25-27-29-30-32-34-37-40-43-46-49-52-55-61(70)78-65-63(72)62(71)64(66(73)74)79-67(65)76-57-58(77-60(69)54-51-48-45-42-39-35-24-21-18-15-12-9-6-3)56-75-59(68)53-50-47-44-41-38-36-33-31-28-26-23-20-17-14-11-8-5-2/h25-28,58,62-65,67,71-72H,4-24,29-57H2,1-3H3,(H,73,74)/b27-25-,28-26-. The molecule has 0 amide bonds. The maximum atomic E-state index is 13.2. The van der Waals surface area contributed by atoms with Crippen LogP contribution < -0.4 is 0 Å². The Bertz CT molecular complexity index is 1470. The SMILES string of the molecule is CCCCCCCC/C=C\CCCCCCCCCCCC(=O)OC1C(OCC(COC(=O)CCCCCCCCC/C=C\CCCCCCCC)OC(=O)CCCCCCCCCCCCCCC)OC(C(=O)O)C(O)C1O. The molecule has 0 radical (unpaired) electrons. The molecule has 462 valence electrons. The number of aliphatic carboxylic acids is 1. The van der Waals surface area contributed by atoms with Gasteiger partial charge < -0.3 is 39.0 Å². The van der Waals surface area contributed by atoms with Gasteiger partial charge in [0.05, 0.1) is 6.61 Å². The molecule has 1 fully saturated rings. The van der Waals surface area contributed by atoms with E-state index in [-0.39, 0.29) is 25.9 Å². The van der Waals surface area contributed by atoms with Gasteiger partial charge in [-0.25, -0.2) is 4.79 Å². The summed E-state index contributed by atoms with van der Waals surface area (Å²) in [6.45, 7) is 6.04. The molecule has 3 N–H and O–H groups in total. The maximum Gasteiger partial charge on any atom is 0.335 e. The van der Waals surface area contributed by atoms with Gasteiger partial charge in [0.25, 0.3) is 0 Å². The number of hydrogen-bond acceptors (Lipinski definition) is 11. The Morgan fingerprint density at radius 3 is 1.08 bits per heavy atom. The highest BCUT2D eigenvalue weighted by molar-refractivity contribution is 5.74. The maximum absolute atomic E-state index is 13.2. The van der Waals surface area contributed by atoms with E-state index in [9.17, 15) is 34.5 Å². The number of aliphatic hydroxyl groups is 2. The van der Waals surface area contributed by atoms with E-state index in [1.165, 1.54) is 193 Å². The number of carboxylic acid groups (broad SMARTS) is 1. The fourth-order valence-corrected chi connectivity index (χ4v) is 10.4. The van der Waals surface area contributed by atoms with Crippen molar-refractivity contribution in [2.45, 2.75) is 366 Å². The quantitative estimate of drug-likeness (QED) is 0.0228. The smallest absolute Gasteiger partial charge is 0.335 e. The third-order valence-electron chi connectivity index (χ3n) is 15.5. The van der Waals surface area contributed by atoms with Crippen molar-refractivity contribution in [3.05, 3.63) is 24.3 Å². The van der Waals surface area contributed by atoms with Crippen LogP contribution in [0.5, 0.6) is 0 Å². The van der Waals surface area contributed by atoms with Crippen molar-refractivity contribution in [3.8, 4) is 0 Å². The molecule has 0 aromatic carbocycles. The fraction of sp³-hybridized carbons (Fsp3) is 0.881. The summed E-state index contributed by atoms with van der Waals surface area (Å²) in [4.78, 5) is 51.3. The van der Waals surface area contributed by atoms with Crippen LogP contribution >= 0.6 is 0 Å². The van der Waals surface area contributed by atoms with Crippen molar-refractivity contribution in [3.63, 3.8) is 0 Å². The first-order valence-electron chi connectivity index (χ1n) is 33.3. The molecule has 1 aliphatic heterocycles. The summed E-state index contributed by atoms with van der Waals surface area (Å²) in [5.74, 6) is -3.09. The predicted octanol–water partition coefficient (Wildman–Crippen LogP) is 17.8. The van der Waals surface area contributed by atoms with Gasteiger partial charge in [-0.1, -0.05) is 263 Å². The summed E-state index contributed by atoms with van der Waals surface area (Å²) >= 11 is 0. The molecule has 12 heteroatoms. The zero-order valence-corrected chi connectivity index (χ0v) is 51.1. The van der Waals surface area contributed by atoms with Crippen LogP contribution in [-0.4, -0.2) is 89.2 Å². The van der Waals surface area contributed by atoms with E-state index in [0.717, 1.165) is 77.0 Å². The zero-order valence-electron chi connectivity index (χ0n) is 51.1. The Labute approximate surface area is 483 Å². The van der Waals surface area contributed by atoms with Gasteiger partial charge in [-0.2, -0.15) is 0 Å². The van der Waals surface area contributed by atoms with Crippen LogP contribution in [0.1, 0.15) is 329 Å². The lowest BCUT2D eigenvalue weighted by atomic mass is 9.98. The number of rotatable bonds is 58. The third kappa shape index (κ3) is 45.4. The van der Waals surface area contributed by atoms with E-state index < -0.39 is 67.3 Å². The van der Waals surface area contributed by atoms with Gasteiger partial charge in [0.2, 0.25) is 0 Å². The topological polar surface area (TPSA) is 175 Å². The number of carbonyl (C=O) groups is 4. The van der Waals surface area contributed by atoms with Crippen molar-refractivity contribution in [1.29, 1.82) is 0 Å². The molecule has 0 aliphatic carbocycles. The van der Waals surface area contributed by atoms with Crippen LogP contribution in [-0.2, 0) is 42.9 Å². The lowest BCUT2D eigenvalue weighted by Crippen LogP contribution is -2.61. The molecule has 0 aromatic heterocycles. The minimum absolute atomic E-state index is 0.0629. The van der Waals surface area contributed by atoms with Gasteiger partial charge in [-0.05, 0) is 70.6 Å². The number of carbonyl (C=O) groups excluding carboxylic acids is 3. The average Bonchev–Trinajstić information content (AvgIpc) is 3.46. The van der Waals surface area contributed by atoms with Crippen LogP contribution in [0.25, 0.3) is 0 Å². The molecule has 1 saturated heterocycles. The van der Waals surface area contributed by atoms with Crippen LogP contribution in [0.3, 0.4) is 0 Å². The molecule has 12 nitrogen and oxygen atoms in total. The van der Waals surface area contributed by atoms with Gasteiger partial charge in [0.1, 0.15) is 18.8 Å². The highest BCUT2D eigenvalue weighted by Crippen LogP contribution is 2.27. The highest BCUT2D eigenvalue weighted by Gasteiger charge is 2.50. The molecule has 6 atom stereocenters. The Balaban J connectivity index is 2.62. The van der Waals surface area contributed by atoms with Crippen molar-refractivity contribution in [2.75, 3.05) is 13.2 Å². The second kappa shape index (κ2) is 55.7. The minimum Gasteiger partial charge on any atom is -0.479 e. The van der Waals surface area contributed by atoms with Crippen LogP contribution in [0.4, 0.5) is 0 Å². The third-order valence-corrected chi connectivity index (χ3v) is 15.5. The Morgan fingerprint density at radius 2 is 0.722 bits per heavy atom. The summed E-state index contributed by atoms with van der Waals surface area (Å²) in [5.41, 5.74) is 0. The molecule has 1 aliphatic rings. The van der Waals surface area contributed by atoms with E-state index in [1.54, 1.807) is 0 Å². The first kappa shape index (κ1) is 74.2. The number of hydrogen-bond donors (Lipinski definition) is 3. The Morgan fingerprint density at radius 1 is 0.405 bits per heavy atom. The molecule has 1 rings (SSSR count). The number of allylic oxidation sites excluding steroid dienone is 4. The lowest BCUT2D eigenvalue weighted by molar-refractivity contribution is -0.301. The van der Waals surface area contributed by atoms with Crippen LogP contribution in [0.2, 0.25) is 0 Å². The monoisotopic (exact) mass is 1120 g/mol. The van der Waals surface area contributed by atoms with Gasteiger partial charge in [-0.15, -0.1) is 0 Å². The van der Waals surface area contributed by atoms with E-state index >= 15 is 0 Å². The van der Waals surface area contributed by atoms with Gasteiger partial charge in [-0.3, -0.25) is 14.4 Å². The van der Waals surface area contributed by atoms with E-state index in [0.29, 0.717) is 19.3 Å². The molecule has 79 heavy (non-hydrogen) atoms.